The fourth-order valence-electron chi connectivity index (χ4n) is 3.57. The fraction of sp³-hybridized carbons (Fsp3) is 0.444. The summed E-state index contributed by atoms with van der Waals surface area (Å²) in [6.07, 6.45) is 4.98. The van der Waals surface area contributed by atoms with Gasteiger partial charge >= 0.3 is 0 Å². The molecule has 1 aromatic carbocycles. The van der Waals surface area contributed by atoms with Gasteiger partial charge in [0.2, 0.25) is 5.95 Å². The topological polar surface area (TPSA) is 41.5 Å². The normalized spacial score (nSPS) is 24.6. The zero-order chi connectivity index (χ0) is 15.5. The van der Waals surface area contributed by atoms with Crippen LogP contribution in [0.4, 0.5) is 5.95 Å². The number of fused-ring (bicyclic) bond motifs is 1. The van der Waals surface area contributed by atoms with Gasteiger partial charge in [-0.05, 0) is 18.1 Å². The third-order valence-electron chi connectivity index (χ3n) is 4.75. The smallest absolute Gasteiger partial charge is 0.225 e. The highest BCUT2D eigenvalue weighted by Gasteiger charge is 2.40. The van der Waals surface area contributed by atoms with E-state index >= 15 is 0 Å². The van der Waals surface area contributed by atoms with Crippen LogP contribution in [0, 0.1) is 0 Å². The standard InChI is InChI=1S/C18H22N4O/c1-2-5-15(6-3-1)7-10-21-13-16-17(14-21)23-12-11-22(16)18-19-8-4-9-20-18/h1-6,8-9,16-17H,7,10-14H2/t16-,17+/m1/s1. The van der Waals surface area contributed by atoms with Crippen molar-refractivity contribution in [1.29, 1.82) is 0 Å². The molecule has 2 fully saturated rings. The third-order valence-corrected chi connectivity index (χ3v) is 4.75. The van der Waals surface area contributed by atoms with Gasteiger partial charge in [-0.1, -0.05) is 30.3 Å². The largest absolute Gasteiger partial charge is 0.373 e. The van der Waals surface area contributed by atoms with Gasteiger partial charge in [-0.3, -0.25) is 4.90 Å². The summed E-state index contributed by atoms with van der Waals surface area (Å²) < 4.78 is 6.00. The molecular formula is C18H22N4O. The van der Waals surface area contributed by atoms with E-state index in [1.807, 2.05) is 18.5 Å². The zero-order valence-corrected chi connectivity index (χ0v) is 13.2. The maximum absolute atomic E-state index is 6.00. The lowest BCUT2D eigenvalue weighted by Gasteiger charge is -2.36. The molecule has 120 valence electrons. The Morgan fingerprint density at radius 2 is 1.87 bits per heavy atom. The molecule has 2 atom stereocenters. The lowest BCUT2D eigenvalue weighted by atomic mass is 10.1. The summed E-state index contributed by atoms with van der Waals surface area (Å²) >= 11 is 0. The first-order chi connectivity index (χ1) is 11.4. The van der Waals surface area contributed by atoms with Crippen LogP contribution in [0.1, 0.15) is 5.56 Å². The van der Waals surface area contributed by atoms with Crippen molar-refractivity contribution in [2.75, 3.05) is 37.7 Å². The number of likely N-dealkylation sites (tertiary alicyclic amines) is 1. The van der Waals surface area contributed by atoms with Gasteiger partial charge in [-0.15, -0.1) is 0 Å². The van der Waals surface area contributed by atoms with Crippen molar-refractivity contribution < 1.29 is 4.74 Å². The highest BCUT2D eigenvalue weighted by Crippen LogP contribution is 2.25. The molecule has 5 nitrogen and oxygen atoms in total. The lowest BCUT2D eigenvalue weighted by Crippen LogP contribution is -2.51. The summed E-state index contributed by atoms with van der Waals surface area (Å²) in [6, 6.07) is 12.9. The van der Waals surface area contributed by atoms with Crippen LogP contribution in [0.15, 0.2) is 48.8 Å². The molecule has 3 heterocycles. The van der Waals surface area contributed by atoms with E-state index in [4.69, 9.17) is 4.74 Å². The van der Waals surface area contributed by atoms with Crippen LogP contribution in [-0.4, -0.2) is 59.8 Å². The van der Waals surface area contributed by atoms with Crippen LogP contribution in [0.3, 0.4) is 0 Å². The minimum Gasteiger partial charge on any atom is -0.373 e. The Morgan fingerprint density at radius 1 is 1.04 bits per heavy atom. The minimum absolute atomic E-state index is 0.267. The Hall–Kier alpha value is -1.98. The minimum atomic E-state index is 0.267. The predicted octanol–water partition coefficient (Wildman–Crippen LogP) is 1.61. The summed E-state index contributed by atoms with van der Waals surface area (Å²) in [4.78, 5) is 13.7. The van der Waals surface area contributed by atoms with Gasteiger partial charge in [0.25, 0.3) is 0 Å². The van der Waals surface area contributed by atoms with Gasteiger partial charge in [0.15, 0.2) is 0 Å². The van der Waals surface area contributed by atoms with E-state index < -0.39 is 0 Å². The molecule has 23 heavy (non-hydrogen) atoms. The Labute approximate surface area is 136 Å². The van der Waals surface area contributed by atoms with Crippen molar-refractivity contribution in [2.24, 2.45) is 0 Å². The maximum Gasteiger partial charge on any atom is 0.225 e. The number of benzene rings is 1. The summed E-state index contributed by atoms with van der Waals surface area (Å²) in [5.74, 6) is 0.829. The molecule has 2 aromatic rings. The molecule has 0 N–H and O–H groups in total. The Bertz CT molecular complexity index is 621. The number of ether oxygens (including phenoxy) is 1. The van der Waals surface area contributed by atoms with Crippen LogP contribution < -0.4 is 4.90 Å². The van der Waals surface area contributed by atoms with Crippen LogP contribution in [0.25, 0.3) is 0 Å². The van der Waals surface area contributed by atoms with Crippen LogP contribution in [0.5, 0.6) is 0 Å². The molecule has 2 aliphatic rings. The van der Waals surface area contributed by atoms with Gasteiger partial charge in [0, 0.05) is 38.6 Å². The molecule has 0 radical (unpaired) electrons. The molecule has 1 aromatic heterocycles. The summed E-state index contributed by atoms with van der Waals surface area (Å²) in [6.45, 7) is 4.73. The number of morpholine rings is 1. The van der Waals surface area contributed by atoms with Gasteiger partial charge in [0.05, 0.1) is 18.8 Å². The monoisotopic (exact) mass is 310 g/mol. The molecule has 0 bridgehead atoms. The summed E-state index contributed by atoms with van der Waals surface area (Å²) in [5.41, 5.74) is 1.39. The molecule has 0 saturated carbocycles. The van der Waals surface area contributed by atoms with Crippen molar-refractivity contribution >= 4 is 5.95 Å². The molecule has 2 aliphatic heterocycles. The van der Waals surface area contributed by atoms with E-state index in [-0.39, 0.29) is 6.10 Å². The molecule has 0 unspecified atom stereocenters. The van der Waals surface area contributed by atoms with Gasteiger partial charge in [-0.25, -0.2) is 9.97 Å². The quantitative estimate of drug-likeness (QED) is 0.858. The van der Waals surface area contributed by atoms with Crippen molar-refractivity contribution in [2.45, 2.75) is 18.6 Å². The Balaban J connectivity index is 1.41. The first-order valence-corrected chi connectivity index (χ1v) is 8.32. The molecule has 4 rings (SSSR count). The maximum atomic E-state index is 6.00. The van der Waals surface area contributed by atoms with Crippen molar-refractivity contribution in [1.82, 2.24) is 14.9 Å². The van der Waals surface area contributed by atoms with E-state index in [0.29, 0.717) is 6.04 Å². The van der Waals surface area contributed by atoms with E-state index in [1.165, 1.54) is 5.56 Å². The van der Waals surface area contributed by atoms with Crippen molar-refractivity contribution in [3.63, 3.8) is 0 Å². The fourth-order valence-corrected chi connectivity index (χ4v) is 3.57. The number of aromatic nitrogens is 2. The Kier molecular flexibility index (Phi) is 4.22. The first-order valence-electron chi connectivity index (χ1n) is 8.32. The number of anilines is 1. The van der Waals surface area contributed by atoms with Crippen LogP contribution >= 0.6 is 0 Å². The predicted molar refractivity (Wildman–Crippen MR) is 89.5 cm³/mol. The second kappa shape index (κ2) is 6.64. The lowest BCUT2D eigenvalue weighted by molar-refractivity contribution is 0.0303. The zero-order valence-electron chi connectivity index (χ0n) is 13.2. The van der Waals surface area contributed by atoms with E-state index in [1.54, 1.807) is 0 Å². The highest BCUT2D eigenvalue weighted by molar-refractivity contribution is 5.33. The van der Waals surface area contributed by atoms with Gasteiger partial charge < -0.3 is 9.64 Å². The number of rotatable bonds is 4. The molecule has 2 saturated heterocycles. The van der Waals surface area contributed by atoms with Gasteiger partial charge in [0.1, 0.15) is 0 Å². The average molecular weight is 310 g/mol. The Morgan fingerprint density at radius 3 is 2.70 bits per heavy atom. The second-order valence-corrected chi connectivity index (χ2v) is 6.21. The molecule has 5 heteroatoms. The number of nitrogens with zero attached hydrogens (tertiary/aromatic N) is 4. The van der Waals surface area contributed by atoms with Crippen molar-refractivity contribution in [3.05, 3.63) is 54.4 Å². The highest BCUT2D eigenvalue weighted by atomic mass is 16.5. The van der Waals surface area contributed by atoms with E-state index in [0.717, 1.165) is 45.2 Å². The molecule has 0 aliphatic carbocycles. The molecule has 0 spiro atoms. The van der Waals surface area contributed by atoms with E-state index in [9.17, 15) is 0 Å². The third kappa shape index (κ3) is 3.21. The molecular weight excluding hydrogens is 288 g/mol. The first kappa shape index (κ1) is 14.6. The van der Waals surface area contributed by atoms with Gasteiger partial charge in [-0.2, -0.15) is 0 Å². The van der Waals surface area contributed by atoms with Crippen molar-refractivity contribution in [3.8, 4) is 0 Å². The molecule has 0 amide bonds. The summed E-state index contributed by atoms with van der Waals surface area (Å²) in [7, 11) is 0. The summed E-state index contributed by atoms with van der Waals surface area (Å²) in [5, 5.41) is 0. The van der Waals surface area contributed by atoms with Crippen LogP contribution in [0.2, 0.25) is 0 Å². The number of hydrogen-bond donors (Lipinski definition) is 0. The van der Waals surface area contributed by atoms with Crippen LogP contribution in [-0.2, 0) is 11.2 Å². The average Bonchev–Trinajstić information content (AvgIpc) is 3.04. The number of hydrogen-bond acceptors (Lipinski definition) is 5. The second-order valence-electron chi connectivity index (χ2n) is 6.21. The van der Waals surface area contributed by atoms with E-state index in [2.05, 4.69) is 50.1 Å². The SMILES string of the molecule is c1ccc(CCN2C[C@@H]3OCCN(c4ncccn4)[C@@H]3C2)cc1.